The third-order valence-corrected chi connectivity index (χ3v) is 2.94. The summed E-state index contributed by atoms with van der Waals surface area (Å²) in [6, 6.07) is 1.75. The molecule has 0 bridgehead atoms. The quantitative estimate of drug-likeness (QED) is 0.898. The highest BCUT2D eigenvalue weighted by atomic mass is 16.1. The number of carbonyl (C=O) groups is 1. The lowest BCUT2D eigenvalue weighted by molar-refractivity contribution is -0.122. The van der Waals surface area contributed by atoms with Gasteiger partial charge in [-0.2, -0.15) is 0 Å². The minimum absolute atomic E-state index is 0.0151. The van der Waals surface area contributed by atoms with Crippen molar-refractivity contribution in [3.63, 3.8) is 0 Å². The van der Waals surface area contributed by atoms with Crippen molar-refractivity contribution in [3.05, 3.63) is 31.0 Å². The molecule has 0 saturated carbocycles. The van der Waals surface area contributed by atoms with Crippen molar-refractivity contribution in [1.82, 2.24) is 19.9 Å². The van der Waals surface area contributed by atoms with Gasteiger partial charge in [-0.1, -0.05) is 0 Å². The van der Waals surface area contributed by atoms with Gasteiger partial charge in [-0.05, 0) is 26.8 Å². The van der Waals surface area contributed by atoms with Crippen molar-refractivity contribution in [2.45, 2.75) is 39.3 Å². The van der Waals surface area contributed by atoms with Gasteiger partial charge in [0.2, 0.25) is 5.91 Å². The molecule has 0 saturated heterocycles. The lowest BCUT2D eigenvalue weighted by Gasteiger charge is -2.20. The van der Waals surface area contributed by atoms with Gasteiger partial charge >= 0.3 is 0 Å². The van der Waals surface area contributed by atoms with Crippen LogP contribution in [0.15, 0.2) is 31.0 Å². The highest BCUT2D eigenvalue weighted by Gasteiger charge is 2.14. The minimum Gasteiger partial charge on any atom is -0.398 e. The fraction of sp³-hybridized carbons (Fsp3) is 0.400. The van der Waals surface area contributed by atoms with Crippen LogP contribution in [0.2, 0.25) is 0 Å². The Morgan fingerprint density at radius 2 is 2.10 bits per heavy atom. The Hall–Kier alpha value is -2.37. The molecule has 1 amide bonds. The maximum Gasteiger partial charge on any atom is 0.222 e. The number of imidazole rings is 1. The molecule has 2 heterocycles. The summed E-state index contributed by atoms with van der Waals surface area (Å²) in [4.78, 5) is 20.1. The molecule has 0 spiro atoms. The van der Waals surface area contributed by atoms with E-state index < -0.39 is 0 Å². The monoisotopic (exact) mass is 287 g/mol. The number of amides is 1. The molecule has 0 aromatic carbocycles. The van der Waals surface area contributed by atoms with Crippen LogP contribution in [0.4, 0.5) is 5.69 Å². The lowest BCUT2D eigenvalue weighted by Crippen LogP contribution is -2.40. The van der Waals surface area contributed by atoms with Crippen molar-refractivity contribution in [1.29, 1.82) is 0 Å². The molecule has 0 aliphatic heterocycles. The van der Waals surface area contributed by atoms with Crippen LogP contribution in [-0.4, -0.2) is 26.0 Å². The van der Waals surface area contributed by atoms with Crippen LogP contribution >= 0.6 is 0 Å². The third-order valence-electron chi connectivity index (χ3n) is 2.94. The van der Waals surface area contributed by atoms with Crippen LogP contribution in [0, 0.1) is 0 Å². The van der Waals surface area contributed by atoms with Crippen LogP contribution in [0.1, 0.15) is 27.2 Å². The molecule has 0 radical (unpaired) electrons. The van der Waals surface area contributed by atoms with E-state index in [0.29, 0.717) is 18.7 Å². The topological polar surface area (TPSA) is 85.8 Å². The van der Waals surface area contributed by atoms with E-state index in [0.717, 1.165) is 11.3 Å². The van der Waals surface area contributed by atoms with Gasteiger partial charge in [0.25, 0.3) is 0 Å². The Kier molecular flexibility index (Phi) is 4.26. The van der Waals surface area contributed by atoms with E-state index in [1.54, 1.807) is 31.0 Å². The Morgan fingerprint density at radius 1 is 1.33 bits per heavy atom. The molecule has 3 N–H and O–H groups in total. The minimum atomic E-state index is -0.220. The van der Waals surface area contributed by atoms with Crippen LogP contribution in [0.25, 0.3) is 11.3 Å². The third kappa shape index (κ3) is 4.05. The zero-order valence-corrected chi connectivity index (χ0v) is 12.6. The molecule has 0 aliphatic rings. The van der Waals surface area contributed by atoms with Crippen LogP contribution in [-0.2, 0) is 11.3 Å². The molecular formula is C15H21N5O. The number of carbonyl (C=O) groups excluding carboxylic acids is 1. The molecule has 21 heavy (non-hydrogen) atoms. The standard InChI is InChI=1S/C15H21N5O/c1-15(2,3)19-14(21)5-7-20-10-18-9-13(20)11-8-17-6-4-12(11)16/h4,6,8-10H,5,7H2,1-3H3,(H2,16,17)(H,19,21). The summed E-state index contributed by atoms with van der Waals surface area (Å²) in [5.41, 5.74) is 8.07. The Morgan fingerprint density at radius 3 is 2.76 bits per heavy atom. The highest BCUT2D eigenvalue weighted by Crippen LogP contribution is 2.24. The van der Waals surface area contributed by atoms with Crippen molar-refractivity contribution >= 4 is 11.6 Å². The van der Waals surface area contributed by atoms with Gasteiger partial charge in [0, 0.05) is 42.1 Å². The Bertz CT molecular complexity index is 627. The number of hydrogen-bond donors (Lipinski definition) is 2. The van der Waals surface area contributed by atoms with Crippen LogP contribution in [0.3, 0.4) is 0 Å². The van der Waals surface area contributed by atoms with Gasteiger partial charge in [-0.15, -0.1) is 0 Å². The van der Waals surface area contributed by atoms with E-state index in [-0.39, 0.29) is 11.4 Å². The summed E-state index contributed by atoms with van der Waals surface area (Å²) in [6.45, 7) is 6.43. The highest BCUT2D eigenvalue weighted by molar-refractivity contribution is 5.77. The maximum atomic E-state index is 11.9. The number of rotatable bonds is 4. The normalized spacial score (nSPS) is 11.4. The van der Waals surface area contributed by atoms with E-state index in [9.17, 15) is 4.79 Å². The van der Waals surface area contributed by atoms with Gasteiger partial charge in [0.05, 0.1) is 18.2 Å². The number of hydrogen-bond acceptors (Lipinski definition) is 4. The summed E-state index contributed by atoms with van der Waals surface area (Å²) >= 11 is 0. The smallest absolute Gasteiger partial charge is 0.222 e. The first-order chi connectivity index (χ1) is 9.87. The number of pyridine rings is 1. The summed E-state index contributed by atoms with van der Waals surface area (Å²) < 4.78 is 1.91. The van der Waals surface area contributed by atoms with E-state index >= 15 is 0 Å². The molecule has 2 aromatic rings. The van der Waals surface area contributed by atoms with Crippen LogP contribution < -0.4 is 11.1 Å². The number of aryl methyl sites for hydroxylation is 1. The van der Waals surface area contributed by atoms with E-state index in [4.69, 9.17) is 5.73 Å². The fourth-order valence-corrected chi connectivity index (χ4v) is 2.05. The van der Waals surface area contributed by atoms with Gasteiger partial charge in [0.1, 0.15) is 0 Å². The van der Waals surface area contributed by atoms with Crippen molar-refractivity contribution in [3.8, 4) is 11.3 Å². The summed E-state index contributed by atoms with van der Waals surface area (Å²) in [5, 5.41) is 2.94. The average Bonchev–Trinajstić information content (AvgIpc) is 2.83. The van der Waals surface area contributed by atoms with Crippen LogP contribution in [0.5, 0.6) is 0 Å². The second-order valence-corrected chi connectivity index (χ2v) is 5.98. The number of nitrogens with zero attached hydrogens (tertiary/aromatic N) is 3. The molecule has 2 aromatic heterocycles. The summed E-state index contributed by atoms with van der Waals surface area (Å²) in [7, 11) is 0. The van der Waals surface area contributed by atoms with Crippen molar-refractivity contribution < 1.29 is 4.79 Å². The zero-order valence-electron chi connectivity index (χ0n) is 12.6. The van der Waals surface area contributed by atoms with Crippen molar-refractivity contribution in [2.24, 2.45) is 0 Å². The van der Waals surface area contributed by atoms with Gasteiger partial charge in [-0.3, -0.25) is 9.78 Å². The molecule has 6 heteroatoms. The number of nitrogen functional groups attached to an aromatic ring is 1. The SMILES string of the molecule is CC(C)(C)NC(=O)CCn1cncc1-c1cnccc1N. The van der Waals surface area contributed by atoms with E-state index in [2.05, 4.69) is 15.3 Å². The molecule has 2 rings (SSSR count). The predicted octanol–water partition coefficient (Wildman–Crippen LogP) is 1.83. The van der Waals surface area contributed by atoms with E-state index in [1.165, 1.54) is 0 Å². The predicted molar refractivity (Wildman–Crippen MR) is 82.4 cm³/mol. The molecule has 6 nitrogen and oxygen atoms in total. The van der Waals surface area contributed by atoms with Crippen molar-refractivity contribution in [2.75, 3.05) is 5.73 Å². The number of aromatic nitrogens is 3. The second kappa shape index (κ2) is 5.95. The van der Waals surface area contributed by atoms with Gasteiger partial charge in [-0.25, -0.2) is 4.98 Å². The molecule has 0 fully saturated rings. The lowest BCUT2D eigenvalue weighted by atomic mass is 10.1. The maximum absolute atomic E-state index is 11.9. The fourth-order valence-electron chi connectivity index (χ4n) is 2.05. The number of anilines is 1. The van der Waals surface area contributed by atoms with Gasteiger partial charge in [0.15, 0.2) is 0 Å². The molecule has 0 unspecified atom stereocenters. The number of nitrogens with two attached hydrogens (primary N) is 1. The first kappa shape index (κ1) is 15.0. The Balaban J connectivity index is 2.08. The zero-order chi connectivity index (χ0) is 15.5. The Labute approximate surface area is 124 Å². The second-order valence-electron chi connectivity index (χ2n) is 5.98. The summed E-state index contributed by atoms with van der Waals surface area (Å²) in [5.74, 6) is 0.0151. The van der Waals surface area contributed by atoms with Gasteiger partial charge < -0.3 is 15.6 Å². The first-order valence-corrected chi connectivity index (χ1v) is 6.88. The molecule has 0 atom stereocenters. The molecular weight excluding hydrogens is 266 g/mol. The summed E-state index contributed by atoms with van der Waals surface area (Å²) in [6.07, 6.45) is 7.18. The first-order valence-electron chi connectivity index (χ1n) is 6.88. The molecule has 112 valence electrons. The molecule has 0 aliphatic carbocycles. The largest absolute Gasteiger partial charge is 0.398 e. The number of nitrogens with one attached hydrogen (secondary N) is 1. The average molecular weight is 287 g/mol. The van der Waals surface area contributed by atoms with E-state index in [1.807, 2.05) is 25.3 Å².